The maximum absolute atomic E-state index is 9.69. The molecule has 1 aromatic rings. The van der Waals surface area contributed by atoms with Crippen molar-refractivity contribution in [3.63, 3.8) is 0 Å². The molecule has 0 aliphatic heterocycles. The summed E-state index contributed by atoms with van der Waals surface area (Å²) in [6, 6.07) is 8.12. The van der Waals surface area contributed by atoms with Gasteiger partial charge in [0.05, 0.1) is 6.61 Å². The monoisotopic (exact) mass is 256 g/mol. The quantitative estimate of drug-likeness (QED) is 0.811. The zero-order valence-corrected chi connectivity index (χ0v) is 10.6. The maximum Gasteiger partial charge on any atom is 0.0690 e. The predicted molar refractivity (Wildman–Crippen MR) is 76.0 cm³/mol. The van der Waals surface area contributed by atoms with Crippen LogP contribution in [0.4, 0.5) is 0 Å². The molecule has 90 valence electrons. The minimum atomic E-state index is 0.0420. The van der Waals surface area contributed by atoms with Gasteiger partial charge < -0.3 is 5.11 Å². The molecule has 18 heavy (non-hydrogen) atoms. The van der Waals surface area contributed by atoms with E-state index in [0.29, 0.717) is 0 Å². The highest BCUT2D eigenvalue weighted by atomic mass is 35.5. The Kier molecular flexibility index (Phi) is 2.94. The molecule has 3 rings (SSSR count). The van der Waals surface area contributed by atoms with Gasteiger partial charge in [0.1, 0.15) is 0 Å². The first kappa shape index (κ1) is 11.5. The Hall–Kier alpha value is -1.57. The van der Waals surface area contributed by atoms with Gasteiger partial charge in [-0.25, -0.2) is 0 Å². The minimum Gasteiger partial charge on any atom is -0.392 e. The lowest BCUT2D eigenvalue weighted by molar-refractivity contribution is 0.349. The SMILES string of the molecule is OCC1=C2C=CC(Cl)=CC2C=Cc2ccccc21. The van der Waals surface area contributed by atoms with E-state index >= 15 is 0 Å². The van der Waals surface area contributed by atoms with Crippen molar-refractivity contribution in [3.05, 3.63) is 70.3 Å². The van der Waals surface area contributed by atoms with Crippen LogP contribution in [0.5, 0.6) is 0 Å². The first-order chi connectivity index (χ1) is 8.79. The molecule has 1 N–H and O–H groups in total. The number of hydrogen-bond donors (Lipinski definition) is 1. The molecule has 1 nitrogen and oxygen atoms in total. The lowest BCUT2D eigenvalue weighted by Crippen LogP contribution is -2.04. The van der Waals surface area contributed by atoms with E-state index in [2.05, 4.69) is 18.2 Å². The van der Waals surface area contributed by atoms with Crippen molar-refractivity contribution in [2.75, 3.05) is 6.61 Å². The van der Waals surface area contributed by atoms with Crippen molar-refractivity contribution >= 4 is 23.3 Å². The van der Waals surface area contributed by atoms with Gasteiger partial charge in [-0.3, -0.25) is 0 Å². The highest BCUT2D eigenvalue weighted by molar-refractivity contribution is 6.31. The van der Waals surface area contributed by atoms with E-state index in [-0.39, 0.29) is 12.5 Å². The minimum absolute atomic E-state index is 0.0420. The molecule has 0 amide bonds. The Balaban J connectivity index is 2.24. The molecule has 0 fully saturated rings. The average Bonchev–Trinajstić information content (AvgIpc) is 2.55. The molecule has 2 aliphatic rings. The molecule has 0 radical (unpaired) electrons. The highest BCUT2D eigenvalue weighted by Crippen LogP contribution is 2.36. The van der Waals surface area contributed by atoms with Crippen LogP contribution in [0.1, 0.15) is 11.1 Å². The van der Waals surface area contributed by atoms with Crippen LogP contribution in [0.15, 0.2) is 59.2 Å². The second-order valence-electron chi connectivity index (χ2n) is 4.45. The zero-order chi connectivity index (χ0) is 12.5. The average molecular weight is 257 g/mol. The van der Waals surface area contributed by atoms with E-state index in [9.17, 15) is 5.11 Å². The molecule has 0 spiro atoms. The Bertz CT molecular complexity index is 605. The molecule has 0 bridgehead atoms. The zero-order valence-electron chi connectivity index (χ0n) is 9.81. The van der Waals surface area contributed by atoms with E-state index in [1.165, 1.54) is 0 Å². The fraction of sp³-hybridized carbons (Fsp3) is 0.125. The number of aliphatic hydroxyl groups is 1. The molecule has 1 atom stereocenters. The molecule has 0 aromatic heterocycles. The van der Waals surface area contributed by atoms with Gasteiger partial charge in [0, 0.05) is 11.0 Å². The van der Waals surface area contributed by atoms with Crippen molar-refractivity contribution in [2.24, 2.45) is 5.92 Å². The van der Waals surface area contributed by atoms with Gasteiger partial charge in [-0.15, -0.1) is 0 Å². The Morgan fingerprint density at radius 2 is 1.94 bits per heavy atom. The number of halogens is 1. The van der Waals surface area contributed by atoms with Crippen LogP contribution in [-0.2, 0) is 0 Å². The van der Waals surface area contributed by atoms with Crippen molar-refractivity contribution in [1.82, 2.24) is 0 Å². The van der Waals surface area contributed by atoms with Gasteiger partial charge in [-0.1, -0.05) is 60.2 Å². The number of fused-ring (bicyclic) bond motifs is 2. The fourth-order valence-corrected chi connectivity index (χ4v) is 2.71. The summed E-state index contributed by atoms with van der Waals surface area (Å²) in [5.74, 6) is 0.150. The largest absolute Gasteiger partial charge is 0.392 e. The van der Waals surface area contributed by atoms with Crippen molar-refractivity contribution in [1.29, 1.82) is 0 Å². The van der Waals surface area contributed by atoms with E-state index in [0.717, 1.165) is 27.3 Å². The molecule has 1 unspecified atom stereocenters. The van der Waals surface area contributed by atoms with E-state index in [4.69, 9.17) is 11.6 Å². The summed E-state index contributed by atoms with van der Waals surface area (Å²) in [6.45, 7) is 0.0420. The summed E-state index contributed by atoms with van der Waals surface area (Å²) in [6.07, 6.45) is 10.1. The third kappa shape index (κ3) is 1.86. The Morgan fingerprint density at radius 1 is 1.11 bits per heavy atom. The van der Waals surface area contributed by atoms with E-state index in [1.807, 2.05) is 36.4 Å². The smallest absolute Gasteiger partial charge is 0.0690 e. The van der Waals surface area contributed by atoms with Crippen LogP contribution >= 0.6 is 11.6 Å². The van der Waals surface area contributed by atoms with Crippen molar-refractivity contribution < 1.29 is 5.11 Å². The number of hydrogen-bond acceptors (Lipinski definition) is 1. The van der Waals surface area contributed by atoms with Gasteiger partial charge >= 0.3 is 0 Å². The lowest BCUT2D eigenvalue weighted by atomic mass is 9.89. The van der Waals surface area contributed by atoms with Gasteiger partial charge in [-0.2, -0.15) is 0 Å². The van der Waals surface area contributed by atoms with E-state index < -0.39 is 0 Å². The lowest BCUT2D eigenvalue weighted by Gasteiger charge is -2.17. The third-order valence-electron chi connectivity index (χ3n) is 3.40. The number of benzene rings is 1. The highest BCUT2D eigenvalue weighted by Gasteiger charge is 2.20. The molecule has 2 heteroatoms. The first-order valence-electron chi connectivity index (χ1n) is 5.96. The second-order valence-corrected chi connectivity index (χ2v) is 4.89. The first-order valence-corrected chi connectivity index (χ1v) is 6.34. The molecule has 0 saturated heterocycles. The molecular formula is C16H13ClO. The molecule has 2 aliphatic carbocycles. The van der Waals surface area contributed by atoms with Crippen LogP contribution in [0.3, 0.4) is 0 Å². The van der Waals surface area contributed by atoms with E-state index in [1.54, 1.807) is 0 Å². The van der Waals surface area contributed by atoms with Crippen molar-refractivity contribution in [2.45, 2.75) is 0 Å². The van der Waals surface area contributed by atoms with Crippen LogP contribution in [0, 0.1) is 5.92 Å². The summed E-state index contributed by atoms with van der Waals surface area (Å²) >= 11 is 6.05. The fourth-order valence-electron chi connectivity index (χ4n) is 2.51. The van der Waals surface area contributed by atoms with Crippen LogP contribution in [-0.4, -0.2) is 11.7 Å². The molecule has 0 saturated carbocycles. The molecule has 1 aromatic carbocycles. The normalized spacial score (nSPS) is 21.2. The van der Waals surface area contributed by atoms with Crippen molar-refractivity contribution in [3.8, 4) is 0 Å². The summed E-state index contributed by atoms with van der Waals surface area (Å²) in [5, 5.41) is 10.4. The van der Waals surface area contributed by atoms with Gasteiger partial charge in [0.2, 0.25) is 0 Å². The number of rotatable bonds is 1. The summed E-state index contributed by atoms with van der Waals surface area (Å²) in [7, 11) is 0. The number of aliphatic hydroxyl groups excluding tert-OH is 1. The third-order valence-corrected chi connectivity index (χ3v) is 3.65. The van der Waals surface area contributed by atoms with Gasteiger partial charge in [0.25, 0.3) is 0 Å². The van der Waals surface area contributed by atoms with Crippen LogP contribution in [0.25, 0.3) is 11.6 Å². The Labute approximate surface area is 111 Å². The summed E-state index contributed by atoms with van der Waals surface area (Å²) in [4.78, 5) is 0. The maximum atomic E-state index is 9.69. The summed E-state index contributed by atoms with van der Waals surface area (Å²) in [5.41, 5.74) is 4.35. The second kappa shape index (κ2) is 4.60. The van der Waals surface area contributed by atoms with Gasteiger partial charge in [0.15, 0.2) is 0 Å². The molecular weight excluding hydrogens is 244 g/mol. The van der Waals surface area contributed by atoms with Gasteiger partial charge in [-0.05, 0) is 28.3 Å². The Morgan fingerprint density at radius 3 is 2.78 bits per heavy atom. The van der Waals surface area contributed by atoms with Crippen LogP contribution < -0.4 is 0 Å². The predicted octanol–water partition coefficient (Wildman–Crippen LogP) is 3.77. The number of allylic oxidation sites excluding steroid dienone is 6. The summed E-state index contributed by atoms with van der Waals surface area (Å²) < 4.78 is 0. The van der Waals surface area contributed by atoms with Crippen LogP contribution in [0.2, 0.25) is 0 Å². The topological polar surface area (TPSA) is 20.2 Å². The molecule has 0 heterocycles. The standard InChI is InChI=1S/C16H13ClO/c17-13-7-8-15-12(9-13)6-5-11-3-1-2-4-14(11)16(15)10-18/h1-9,12,18H,10H2.